The number of nitrogens with one attached hydrogen (secondary N) is 2. The minimum atomic E-state index is -0.00737. The molecule has 0 radical (unpaired) electrons. The van der Waals surface area contributed by atoms with Gasteiger partial charge in [0, 0.05) is 24.8 Å². The number of hydrogen-bond acceptors (Lipinski definition) is 5. The molecule has 23 heavy (non-hydrogen) atoms. The zero-order valence-electron chi connectivity index (χ0n) is 13.0. The Morgan fingerprint density at radius 2 is 2.09 bits per heavy atom. The number of aromatic nitrogens is 3. The fourth-order valence-corrected chi connectivity index (χ4v) is 3.42. The van der Waals surface area contributed by atoms with Crippen molar-refractivity contribution in [1.29, 1.82) is 0 Å². The van der Waals surface area contributed by atoms with Crippen LogP contribution >= 0.6 is 36.2 Å². The van der Waals surface area contributed by atoms with Crippen molar-refractivity contribution in [2.45, 2.75) is 25.8 Å². The van der Waals surface area contributed by atoms with Gasteiger partial charge in [-0.1, -0.05) is 0 Å². The first-order valence-corrected chi connectivity index (χ1v) is 7.93. The molecule has 1 aliphatic rings. The summed E-state index contributed by atoms with van der Waals surface area (Å²) >= 11 is 1.43. The maximum Gasteiger partial charge on any atom is 0.263 e. The average Bonchev–Trinajstić information content (AvgIpc) is 3.06. The Hall–Kier alpha value is -1.15. The van der Waals surface area contributed by atoms with E-state index in [2.05, 4.69) is 20.7 Å². The molecule has 1 saturated heterocycles. The Morgan fingerprint density at radius 3 is 2.70 bits per heavy atom. The lowest BCUT2D eigenvalue weighted by atomic mass is 10.1. The Kier molecular flexibility index (Phi) is 7.47. The summed E-state index contributed by atoms with van der Waals surface area (Å²) in [6, 6.07) is 0.266. The van der Waals surface area contributed by atoms with Gasteiger partial charge >= 0.3 is 0 Å². The molecule has 128 valence electrons. The molecule has 3 heterocycles. The molecule has 0 spiro atoms. The van der Waals surface area contributed by atoms with Crippen LogP contribution < -0.4 is 10.6 Å². The third-order valence-corrected chi connectivity index (χ3v) is 4.83. The minimum absolute atomic E-state index is 0. The molecule has 2 aromatic rings. The van der Waals surface area contributed by atoms with Gasteiger partial charge in [-0.25, -0.2) is 4.98 Å². The molecule has 0 aromatic carbocycles. The van der Waals surface area contributed by atoms with E-state index in [-0.39, 0.29) is 36.8 Å². The largest absolute Gasteiger partial charge is 0.348 e. The van der Waals surface area contributed by atoms with Gasteiger partial charge in [0.25, 0.3) is 5.91 Å². The molecule has 1 aliphatic heterocycles. The van der Waals surface area contributed by atoms with Crippen LogP contribution in [0.5, 0.6) is 0 Å². The predicted octanol–water partition coefficient (Wildman–Crippen LogP) is 2.18. The number of carbonyl (C=O) groups is 1. The number of carbonyl (C=O) groups excluding carboxylic acids is 1. The number of rotatable bonds is 3. The Bertz CT molecular complexity index is 651. The Labute approximate surface area is 151 Å². The van der Waals surface area contributed by atoms with Gasteiger partial charge in [-0.05, 0) is 32.9 Å². The summed E-state index contributed by atoms with van der Waals surface area (Å²) in [4.78, 5) is 17.6. The van der Waals surface area contributed by atoms with Crippen molar-refractivity contribution < 1.29 is 4.79 Å². The second-order valence-electron chi connectivity index (χ2n) is 5.33. The van der Waals surface area contributed by atoms with E-state index in [4.69, 9.17) is 0 Å². The van der Waals surface area contributed by atoms with Crippen molar-refractivity contribution in [3.05, 3.63) is 23.0 Å². The van der Waals surface area contributed by atoms with Crippen LogP contribution in [-0.4, -0.2) is 39.8 Å². The Morgan fingerprint density at radius 1 is 1.39 bits per heavy atom. The summed E-state index contributed by atoms with van der Waals surface area (Å²) in [5.74, 6) is -0.00737. The molecule has 2 N–H and O–H groups in total. The molecule has 0 aliphatic carbocycles. The topological polar surface area (TPSA) is 71.8 Å². The molecule has 2 aromatic heterocycles. The highest BCUT2D eigenvalue weighted by molar-refractivity contribution is 7.17. The van der Waals surface area contributed by atoms with E-state index in [1.165, 1.54) is 11.3 Å². The van der Waals surface area contributed by atoms with E-state index < -0.39 is 0 Å². The molecule has 0 atom stereocenters. The molecule has 0 bridgehead atoms. The number of aryl methyl sites for hydroxylation is 2. The van der Waals surface area contributed by atoms with Gasteiger partial charge in [-0.15, -0.1) is 36.2 Å². The zero-order valence-corrected chi connectivity index (χ0v) is 15.5. The summed E-state index contributed by atoms with van der Waals surface area (Å²) in [5.41, 5.74) is 1.73. The maximum atomic E-state index is 12.4. The number of hydrogen-bond donors (Lipinski definition) is 2. The van der Waals surface area contributed by atoms with Crippen molar-refractivity contribution in [3.8, 4) is 10.6 Å². The van der Waals surface area contributed by atoms with Crippen LogP contribution in [0, 0.1) is 6.92 Å². The van der Waals surface area contributed by atoms with E-state index in [0.29, 0.717) is 4.88 Å². The molecule has 9 heteroatoms. The molecule has 1 fully saturated rings. The van der Waals surface area contributed by atoms with Crippen molar-refractivity contribution >= 4 is 42.1 Å². The predicted molar refractivity (Wildman–Crippen MR) is 96.9 cm³/mol. The molecular weight excluding hydrogens is 357 g/mol. The fraction of sp³-hybridized carbons (Fsp3) is 0.500. The van der Waals surface area contributed by atoms with Crippen molar-refractivity contribution in [2.75, 3.05) is 13.1 Å². The summed E-state index contributed by atoms with van der Waals surface area (Å²) in [6.45, 7) is 3.81. The lowest BCUT2D eigenvalue weighted by Gasteiger charge is -2.23. The van der Waals surface area contributed by atoms with Crippen LogP contribution in [0.4, 0.5) is 0 Å². The zero-order chi connectivity index (χ0) is 14.8. The second kappa shape index (κ2) is 8.63. The maximum absolute atomic E-state index is 12.4. The van der Waals surface area contributed by atoms with Crippen LogP contribution in [0.25, 0.3) is 10.6 Å². The van der Waals surface area contributed by atoms with Crippen molar-refractivity contribution in [2.24, 2.45) is 7.05 Å². The summed E-state index contributed by atoms with van der Waals surface area (Å²) < 4.78 is 1.74. The average molecular weight is 378 g/mol. The van der Waals surface area contributed by atoms with Gasteiger partial charge in [0.1, 0.15) is 9.88 Å². The van der Waals surface area contributed by atoms with Gasteiger partial charge in [0.05, 0.1) is 11.9 Å². The summed E-state index contributed by atoms with van der Waals surface area (Å²) in [6.07, 6.45) is 5.65. The summed E-state index contributed by atoms with van der Waals surface area (Å²) in [5, 5.41) is 11.4. The minimum Gasteiger partial charge on any atom is -0.348 e. The number of thiazole rings is 1. The highest BCUT2D eigenvalue weighted by Crippen LogP contribution is 2.27. The van der Waals surface area contributed by atoms with Crippen molar-refractivity contribution in [3.63, 3.8) is 0 Å². The normalized spacial score (nSPS) is 14.7. The first-order valence-electron chi connectivity index (χ1n) is 7.11. The lowest BCUT2D eigenvalue weighted by molar-refractivity contribution is 0.0933. The molecule has 0 unspecified atom stereocenters. The number of piperidine rings is 1. The summed E-state index contributed by atoms with van der Waals surface area (Å²) in [7, 11) is 1.87. The van der Waals surface area contributed by atoms with Crippen LogP contribution in [0.3, 0.4) is 0 Å². The third-order valence-electron chi connectivity index (χ3n) is 3.63. The monoisotopic (exact) mass is 377 g/mol. The molecule has 3 rings (SSSR count). The first kappa shape index (κ1) is 19.9. The van der Waals surface area contributed by atoms with Crippen molar-refractivity contribution in [1.82, 2.24) is 25.4 Å². The first-order chi connectivity index (χ1) is 10.1. The van der Waals surface area contributed by atoms with Gasteiger partial charge in [0.2, 0.25) is 0 Å². The number of amides is 1. The second-order valence-corrected chi connectivity index (χ2v) is 6.33. The van der Waals surface area contributed by atoms with E-state index >= 15 is 0 Å². The Balaban J connectivity index is 0.00000132. The van der Waals surface area contributed by atoms with Crippen LogP contribution in [-0.2, 0) is 7.05 Å². The van der Waals surface area contributed by atoms with Crippen LogP contribution in [0.1, 0.15) is 28.2 Å². The molecule has 0 saturated carbocycles. The highest BCUT2D eigenvalue weighted by Gasteiger charge is 2.21. The van der Waals surface area contributed by atoms with Crippen LogP contribution in [0.15, 0.2) is 12.4 Å². The fourth-order valence-electron chi connectivity index (χ4n) is 2.48. The quantitative estimate of drug-likeness (QED) is 0.859. The highest BCUT2D eigenvalue weighted by atomic mass is 35.5. The number of halogens is 2. The van der Waals surface area contributed by atoms with Gasteiger partial charge in [-0.2, -0.15) is 5.10 Å². The smallest absolute Gasteiger partial charge is 0.263 e. The van der Waals surface area contributed by atoms with E-state index in [9.17, 15) is 4.79 Å². The standard InChI is InChI=1S/C14H19N5OS.2ClH/c1-9-12(13(20)18-11-3-5-15-6-4-11)21-14(17-9)10-7-16-19(2)8-10;;/h7-8,11,15H,3-6H2,1-2H3,(H,18,20);2*1H. The van der Waals surface area contributed by atoms with E-state index in [1.54, 1.807) is 10.9 Å². The lowest BCUT2D eigenvalue weighted by Crippen LogP contribution is -2.42. The third kappa shape index (κ3) is 4.67. The molecule has 1 amide bonds. The van der Waals surface area contributed by atoms with Crippen LogP contribution in [0.2, 0.25) is 0 Å². The molecular formula is C14H21Cl2N5OS. The van der Waals surface area contributed by atoms with E-state index in [0.717, 1.165) is 42.2 Å². The molecule has 6 nitrogen and oxygen atoms in total. The van der Waals surface area contributed by atoms with Gasteiger partial charge < -0.3 is 10.6 Å². The SMILES string of the molecule is Cc1nc(-c2cnn(C)c2)sc1C(=O)NC1CCNCC1.Cl.Cl. The van der Waals surface area contributed by atoms with Gasteiger partial charge in [0.15, 0.2) is 0 Å². The number of nitrogens with zero attached hydrogens (tertiary/aromatic N) is 3. The van der Waals surface area contributed by atoms with E-state index in [1.807, 2.05) is 20.2 Å². The van der Waals surface area contributed by atoms with Gasteiger partial charge in [-0.3, -0.25) is 9.48 Å².